The Labute approximate surface area is 189 Å². The molecule has 0 aliphatic rings. The number of halogens is 1. The second-order valence-electron chi connectivity index (χ2n) is 5.91. The zero-order valence-corrected chi connectivity index (χ0v) is 19.5. The number of esters is 1. The summed E-state index contributed by atoms with van der Waals surface area (Å²) in [5.41, 5.74) is 4.84. The maximum Gasteiger partial charge on any atom is 0.343 e. The Bertz CT molecular complexity index is 888. The Hall–Kier alpha value is -2.69. The predicted molar refractivity (Wildman–Crippen MR) is 122 cm³/mol. The number of nitrogens with zero attached hydrogens (tertiary/aromatic N) is 1. The Balaban J connectivity index is 2.06. The van der Waals surface area contributed by atoms with Crippen LogP contribution < -0.4 is 24.4 Å². The monoisotopic (exact) mass is 528 g/mol. The Morgan fingerprint density at radius 2 is 1.83 bits per heavy atom. The van der Waals surface area contributed by atoms with Crippen LogP contribution in [0.3, 0.4) is 0 Å². The standard InChI is InChI=1S/C21H25IN2O6/c1-5-29-19-10-15(8-16(22)21(19)30-13-20(25)28-4)12-24-23-11-14-6-7-17(26-2)18(9-14)27-3/h6-10,12,23H,5,11,13H2,1-4H3/b24-12-. The minimum atomic E-state index is -0.460. The first-order valence-corrected chi connectivity index (χ1v) is 10.2. The smallest absolute Gasteiger partial charge is 0.343 e. The van der Waals surface area contributed by atoms with Crippen molar-refractivity contribution in [3.8, 4) is 23.0 Å². The first kappa shape index (κ1) is 23.6. The highest BCUT2D eigenvalue weighted by atomic mass is 127. The third kappa shape index (κ3) is 6.68. The van der Waals surface area contributed by atoms with E-state index in [0.717, 1.165) is 14.7 Å². The van der Waals surface area contributed by atoms with E-state index in [1.54, 1.807) is 26.5 Å². The SMILES string of the molecule is CCOc1cc(/C=N\NCc2ccc(OC)c(OC)c2)cc(I)c1OCC(=O)OC. The molecule has 9 heteroatoms. The summed E-state index contributed by atoms with van der Waals surface area (Å²) in [6, 6.07) is 9.37. The maximum absolute atomic E-state index is 11.4. The van der Waals surface area contributed by atoms with Gasteiger partial charge in [-0.25, -0.2) is 4.79 Å². The molecular formula is C21H25IN2O6. The lowest BCUT2D eigenvalue weighted by molar-refractivity contribution is -0.142. The van der Waals surface area contributed by atoms with Gasteiger partial charge >= 0.3 is 5.97 Å². The molecule has 2 aromatic carbocycles. The largest absolute Gasteiger partial charge is 0.493 e. The van der Waals surface area contributed by atoms with Crippen molar-refractivity contribution in [2.24, 2.45) is 5.10 Å². The van der Waals surface area contributed by atoms with Crippen LogP contribution in [0, 0.1) is 3.57 Å². The zero-order chi connectivity index (χ0) is 21.9. The number of rotatable bonds is 11. The predicted octanol–water partition coefficient (Wildman–Crippen LogP) is 3.38. The fourth-order valence-corrected chi connectivity index (χ4v) is 3.28. The van der Waals surface area contributed by atoms with Gasteiger partial charge in [-0.15, -0.1) is 0 Å². The van der Waals surface area contributed by atoms with Crippen LogP contribution in [0.5, 0.6) is 23.0 Å². The van der Waals surface area contributed by atoms with E-state index in [0.29, 0.717) is 36.1 Å². The lowest BCUT2D eigenvalue weighted by Gasteiger charge is -2.14. The third-order valence-corrected chi connectivity index (χ3v) is 4.73. The number of hydrogen-bond acceptors (Lipinski definition) is 8. The number of carbonyl (C=O) groups is 1. The summed E-state index contributed by atoms with van der Waals surface area (Å²) in [4.78, 5) is 11.4. The summed E-state index contributed by atoms with van der Waals surface area (Å²) in [5.74, 6) is 1.92. The molecule has 30 heavy (non-hydrogen) atoms. The summed E-state index contributed by atoms with van der Waals surface area (Å²) in [6.07, 6.45) is 1.69. The van der Waals surface area contributed by atoms with Gasteiger partial charge in [0.2, 0.25) is 0 Å². The highest BCUT2D eigenvalue weighted by Crippen LogP contribution is 2.34. The molecule has 0 radical (unpaired) electrons. The number of hydrazone groups is 1. The van der Waals surface area contributed by atoms with E-state index >= 15 is 0 Å². The van der Waals surface area contributed by atoms with Crippen molar-refractivity contribution in [2.75, 3.05) is 34.5 Å². The molecule has 1 N–H and O–H groups in total. The third-order valence-electron chi connectivity index (χ3n) is 3.93. The fourth-order valence-electron chi connectivity index (χ4n) is 2.50. The van der Waals surface area contributed by atoms with Crippen molar-refractivity contribution in [2.45, 2.75) is 13.5 Å². The highest BCUT2D eigenvalue weighted by Gasteiger charge is 2.14. The summed E-state index contributed by atoms with van der Waals surface area (Å²) in [6.45, 7) is 2.67. The number of benzene rings is 2. The molecule has 2 rings (SSSR count). The second-order valence-corrected chi connectivity index (χ2v) is 7.07. The molecule has 0 spiro atoms. The van der Waals surface area contributed by atoms with Gasteiger partial charge in [-0.3, -0.25) is 0 Å². The van der Waals surface area contributed by atoms with Gasteiger partial charge in [0.05, 0.1) is 44.3 Å². The van der Waals surface area contributed by atoms with Crippen molar-refractivity contribution in [1.82, 2.24) is 5.43 Å². The van der Waals surface area contributed by atoms with Gasteiger partial charge in [0, 0.05) is 0 Å². The van der Waals surface area contributed by atoms with Gasteiger partial charge in [-0.2, -0.15) is 5.10 Å². The van der Waals surface area contributed by atoms with Crippen LogP contribution in [0.4, 0.5) is 0 Å². The van der Waals surface area contributed by atoms with E-state index in [9.17, 15) is 4.79 Å². The average molecular weight is 528 g/mol. The fraction of sp³-hybridized carbons (Fsp3) is 0.333. The van der Waals surface area contributed by atoms with Crippen LogP contribution in [0.1, 0.15) is 18.1 Å². The first-order chi connectivity index (χ1) is 14.5. The Kier molecular flexibility index (Phi) is 9.52. The van der Waals surface area contributed by atoms with E-state index in [4.69, 9.17) is 18.9 Å². The van der Waals surface area contributed by atoms with Crippen LogP contribution in [-0.4, -0.2) is 46.7 Å². The Morgan fingerprint density at radius 1 is 1.07 bits per heavy atom. The molecule has 0 bridgehead atoms. The normalized spacial score (nSPS) is 10.6. The van der Waals surface area contributed by atoms with Crippen LogP contribution >= 0.6 is 22.6 Å². The van der Waals surface area contributed by atoms with Gasteiger partial charge in [0.25, 0.3) is 0 Å². The molecule has 0 saturated carbocycles. The molecule has 0 aromatic heterocycles. The van der Waals surface area contributed by atoms with Crippen LogP contribution in [-0.2, 0) is 16.1 Å². The molecule has 0 unspecified atom stereocenters. The van der Waals surface area contributed by atoms with Crippen LogP contribution in [0.25, 0.3) is 0 Å². The van der Waals surface area contributed by atoms with Crippen molar-refractivity contribution < 1.29 is 28.5 Å². The van der Waals surface area contributed by atoms with E-state index < -0.39 is 5.97 Å². The molecule has 2 aromatic rings. The van der Waals surface area contributed by atoms with E-state index in [1.807, 2.05) is 31.2 Å². The van der Waals surface area contributed by atoms with Crippen molar-refractivity contribution in [1.29, 1.82) is 0 Å². The molecule has 0 fully saturated rings. The lowest BCUT2D eigenvalue weighted by Crippen LogP contribution is -2.14. The van der Waals surface area contributed by atoms with E-state index in [-0.39, 0.29) is 6.61 Å². The molecule has 162 valence electrons. The molecular weight excluding hydrogens is 503 g/mol. The molecule has 0 saturated heterocycles. The molecule has 0 aliphatic carbocycles. The van der Waals surface area contributed by atoms with Crippen molar-refractivity contribution >= 4 is 34.8 Å². The minimum Gasteiger partial charge on any atom is -0.493 e. The summed E-state index contributed by atoms with van der Waals surface area (Å²) in [5, 5.41) is 4.27. The number of methoxy groups -OCH3 is 3. The summed E-state index contributed by atoms with van der Waals surface area (Å²) in [7, 11) is 4.52. The van der Waals surface area contributed by atoms with Gasteiger partial charge in [-0.1, -0.05) is 6.07 Å². The number of nitrogens with one attached hydrogen (secondary N) is 1. The summed E-state index contributed by atoms with van der Waals surface area (Å²) < 4.78 is 27.2. The van der Waals surface area contributed by atoms with E-state index in [1.165, 1.54) is 7.11 Å². The molecule has 0 amide bonds. The number of hydrogen-bond donors (Lipinski definition) is 1. The van der Waals surface area contributed by atoms with E-state index in [2.05, 4.69) is 37.9 Å². The zero-order valence-electron chi connectivity index (χ0n) is 17.4. The Morgan fingerprint density at radius 3 is 2.50 bits per heavy atom. The quantitative estimate of drug-likeness (QED) is 0.207. The highest BCUT2D eigenvalue weighted by molar-refractivity contribution is 14.1. The summed E-state index contributed by atoms with van der Waals surface area (Å²) >= 11 is 2.13. The maximum atomic E-state index is 11.4. The van der Waals surface area contributed by atoms with Gasteiger partial charge in [0.1, 0.15) is 0 Å². The van der Waals surface area contributed by atoms with Crippen LogP contribution in [0.2, 0.25) is 0 Å². The molecule has 0 heterocycles. The first-order valence-electron chi connectivity index (χ1n) is 9.15. The molecule has 8 nitrogen and oxygen atoms in total. The minimum absolute atomic E-state index is 0.188. The van der Waals surface area contributed by atoms with Gasteiger partial charge < -0.3 is 29.1 Å². The van der Waals surface area contributed by atoms with Gasteiger partial charge in [0.15, 0.2) is 29.6 Å². The number of carbonyl (C=O) groups excluding carboxylic acids is 1. The van der Waals surface area contributed by atoms with Crippen LogP contribution in [0.15, 0.2) is 35.4 Å². The molecule has 0 atom stereocenters. The lowest BCUT2D eigenvalue weighted by atomic mass is 10.2. The molecule has 0 aliphatic heterocycles. The van der Waals surface area contributed by atoms with Crippen molar-refractivity contribution in [3.63, 3.8) is 0 Å². The van der Waals surface area contributed by atoms with Crippen molar-refractivity contribution in [3.05, 3.63) is 45.0 Å². The van der Waals surface area contributed by atoms with Gasteiger partial charge in [-0.05, 0) is 64.9 Å². The topological polar surface area (TPSA) is 87.6 Å². The number of ether oxygens (including phenoxy) is 5. The second kappa shape index (κ2) is 12.1. The average Bonchev–Trinajstić information content (AvgIpc) is 2.75.